The number of rotatable bonds is 4. The molecule has 3 aromatic rings. The molecule has 0 spiro atoms. The van der Waals surface area contributed by atoms with Crippen molar-refractivity contribution in [1.29, 1.82) is 0 Å². The van der Waals surface area contributed by atoms with Gasteiger partial charge in [-0.15, -0.1) is 10.2 Å². The molecule has 0 aliphatic rings. The quantitative estimate of drug-likeness (QED) is 0.800. The van der Waals surface area contributed by atoms with E-state index >= 15 is 0 Å². The van der Waals surface area contributed by atoms with E-state index in [1.807, 2.05) is 36.4 Å². The van der Waals surface area contributed by atoms with Gasteiger partial charge in [0.1, 0.15) is 5.75 Å². The lowest BCUT2D eigenvalue weighted by Crippen LogP contribution is -2.20. The van der Waals surface area contributed by atoms with Gasteiger partial charge in [0, 0.05) is 5.56 Å². The first-order valence-electron chi connectivity index (χ1n) is 7.22. The zero-order valence-corrected chi connectivity index (χ0v) is 12.9. The van der Waals surface area contributed by atoms with E-state index in [0.29, 0.717) is 11.5 Å². The topological polar surface area (TPSA) is 78.3 Å². The standard InChI is InChI=1S/C16H19N5O/c1-10(2)15(17)16-19-18-14-9-8-13(20-21(14)16)11-4-6-12(22-3)7-5-11/h4-10,15H,17H2,1-3H3/t15-/m0/s1. The van der Waals surface area contributed by atoms with Gasteiger partial charge >= 0.3 is 0 Å². The summed E-state index contributed by atoms with van der Waals surface area (Å²) in [4.78, 5) is 0. The number of ether oxygens (including phenoxy) is 1. The van der Waals surface area contributed by atoms with Crippen LogP contribution in [0.25, 0.3) is 16.9 Å². The summed E-state index contributed by atoms with van der Waals surface area (Å²) in [6.45, 7) is 4.11. The number of fused-ring (bicyclic) bond motifs is 1. The highest BCUT2D eigenvalue weighted by atomic mass is 16.5. The molecule has 2 N–H and O–H groups in total. The molecule has 114 valence electrons. The Labute approximate surface area is 128 Å². The summed E-state index contributed by atoms with van der Waals surface area (Å²) in [5.74, 6) is 1.76. The molecule has 6 heteroatoms. The van der Waals surface area contributed by atoms with E-state index in [0.717, 1.165) is 17.0 Å². The van der Waals surface area contributed by atoms with Crippen LogP contribution in [0, 0.1) is 5.92 Å². The lowest BCUT2D eigenvalue weighted by molar-refractivity contribution is 0.415. The first-order valence-corrected chi connectivity index (χ1v) is 7.22. The molecule has 0 fully saturated rings. The fourth-order valence-corrected chi connectivity index (χ4v) is 2.23. The van der Waals surface area contributed by atoms with Crippen LogP contribution in [0.1, 0.15) is 25.7 Å². The maximum atomic E-state index is 6.20. The van der Waals surface area contributed by atoms with Gasteiger partial charge in [-0.2, -0.15) is 9.61 Å². The number of aromatic nitrogens is 4. The van der Waals surface area contributed by atoms with Gasteiger partial charge in [0.2, 0.25) is 0 Å². The largest absolute Gasteiger partial charge is 0.497 e. The highest BCUT2D eigenvalue weighted by molar-refractivity contribution is 5.61. The lowest BCUT2D eigenvalue weighted by Gasteiger charge is -2.13. The maximum Gasteiger partial charge on any atom is 0.178 e. The summed E-state index contributed by atoms with van der Waals surface area (Å²) in [5, 5.41) is 13.0. The van der Waals surface area contributed by atoms with E-state index in [-0.39, 0.29) is 12.0 Å². The van der Waals surface area contributed by atoms with Crippen LogP contribution >= 0.6 is 0 Å². The normalized spacial score (nSPS) is 12.8. The molecule has 22 heavy (non-hydrogen) atoms. The number of nitrogens with zero attached hydrogens (tertiary/aromatic N) is 4. The molecular weight excluding hydrogens is 278 g/mol. The zero-order valence-electron chi connectivity index (χ0n) is 12.9. The summed E-state index contributed by atoms with van der Waals surface area (Å²) >= 11 is 0. The van der Waals surface area contributed by atoms with Crippen molar-refractivity contribution in [2.75, 3.05) is 7.11 Å². The first-order chi connectivity index (χ1) is 10.6. The highest BCUT2D eigenvalue weighted by Crippen LogP contribution is 2.22. The highest BCUT2D eigenvalue weighted by Gasteiger charge is 2.18. The van der Waals surface area contributed by atoms with Gasteiger partial charge in [-0.05, 0) is 42.3 Å². The lowest BCUT2D eigenvalue weighted by atomic mass is 10.1. The molecule has 1 aromatic carbocycles. The molecule has 0 saturated carbocycles. The Morgan fingerprint density at radius 3 is 2.41 bits per heavy atom. The second-order valence-electron chi connectivity index (χ2n) is 5.55. The third-order valence-electron chi connectivity index (χ3n) is 3.69. The fourth-order valence-electron chi connectivity index (χ4n) is 2.23. The van der Waals surface area contributed by atoms with E-state index in [9.17, 15) is 0 Å². The van der Waals surface area contributed by atoms with Crippen LogP contribution < -0.4 is 10.5 Å². The molecule has 0 aliphatic heterocycles. The molecule has 2 heterocycles. The Bertz CT molecular complexity index is 779. The minimum absolute atomic E-state index is 0.200. The molecule has 2 aromatic heterocycles. The molecule has 0 saturated heterocycles. The third kappa shape index (κ3) is 2.53. The number of hydrogen-bond donors (Lipinski definition) is 1. The van der Waals surface area contributed by atoms with Crippen LogP contribution in [0.4, 0.5) is 0 Å². The van der Waals surface area contributed by atoms with Crippen LogP contribution in [0.5, 0.6) is 5.75 Å². The third-order valence-corrected chi connectivity index (χ3v) is 3.69. The molecule has 1 atom stereocenters. The van der Waals surface area contributed by atoms with Crippen molar-refractivity contribution < 1.29 is 4.74 Å². The summed E-state index contributed by atoms with van der Waals surface area (Å²) in [5.41, 5.74) is 8.73. The van der Waals surface area contributed by atoms with Gasteiger partial charge in [-0.25, -0.2) is 0 Å². The van der Waals surface area contributed by atoms with E-state index in [2.05, 4.69) is 29.1 Å². The molecule has 0 radical (unpaired) electrons. The van der Waals surface area contributed by atoms with Crippen molar-refractivity contribution in [1.82, 2.24) is 19.8 Å². The fraction of sp³-hybridized carbons (Fsp3) is 0.312. The van der Waals surface area contributed by atoms with E-state index < -0.39 is 0 Å². The van der Waals surface area contributed by atoms with Crippen LogP contribution in [-0.4, -0.2) is 26.9 Å². The minimum atomic E-state index is -0.200. The predicted molar refractivity (Wildman–Crippen MR) is 84.5 cm³/mol. The number of hydrogen-bond acceptors (Lipinski definition) is 5. The number of nitrogens with two attached hydrogens (primary N) is 1. The Morgan fingerprint density at radius 1 is 1.05 bits per heavy atom. The Hall–Kier alpha value is -2.47. The summed E-state index contributed by atoms with van der Waals surface area (Å²) in [6.07, 6.45) is 0. The van der Waals surface area contributed by atoms with Crippen LogP contribution in [0.2, 0.25) is 0 Å². The Kier molecular flexibility index (Phi) is 3.77. The zero-order chi connectivity index (χ0) is 15.7. The first kappa shape index (κ1) is 14.5. The number of methoxy groups -OCH3 is 1. The van der Waals surface area contributed by atoms with Gasteiger partial charge in [0.25, 0.3) is 0 Å². The SMILES string of the molecule is COc1ccc(-c2ccc3nnc([C@@H](N)C(C)C)n3n2)cc1. The molecule has 0 amide bonds. The van der Waals surface area contributed by atoms with Crippen molar-refractivity contribution >= 4 is 5.65 Å². The molecule has 3 rings (SSSR count). The van der Waals surface area contributed by atoms with Gasteiger partial charge in [0.15, 0.2) is 11.5 Å². The van der Waals surface area contributed by atoms with Gasteiger partial charge in [-0.3, -0.25) is 0 Å². The smallest absolute Gasteiger partial charge is 0.178 e. The van der Waals surface area contributed by atoms with Crippen molar-refractivity contribution in [3.63, 3.8) is 0 Å². The second kappa shape index (κ2) is 5.73. The van der Waals surface area contributed by atoms with Crippen molar-refractivity contribution in [3.05, 3.63) is 42.2 Å². The van der Waals surface area contributed by atoms with Crippen molar-refractivity contribution in [2.24, 2.45) is 11.7 Å². The second-order valence-corrected chi connectivity index (χ2v) is 5.55. The summed E-state index contributed by atoms with van der Waals surface area (Å²) in [6, 6.07) is 11.4. The van der Waals surface area contributed by atoms with Gasteiger partial charge in [0.05, 0.1) is 18.8 Å². The molecule has 0 bridgehead atoms. The Morgan fingerprint density at radius 2 is 1.77 bits per heavy atom. The molecule has 0 aliphatic carbocycles. The van der Waals surface area contributed by atoms with Crippen LogP contribution in [0.3, 0.4) is 0 Å². The van der Waals surface area contributed by atoms with Crippen molar-refractivity contribution in [3.8, 4) is 17.0 Å². The van der Waals surface area contributed by atoms with E-state index in [4.69, 9.17) is 10.5 Å². The average molecular weight is 297 g/mol. The van der Waals surface area contributed by atoms with Gasteiger partial charge < -0.3 is 10.5 Å². The van der Waals surface area contributed by atoms with Crippen LogP contribution in [0.15, 0.2) is 36.4 Å². The van der Waals surface area contributed by atoms with E-state index in [1.165, 1.54) is 0 Å². The van der Waals surface area contributed by atoms with Crippen molar-refractivity contribution in [2.45, 2.75) is 19.9 Å². The number of benzene rings is 1. The summed E-state index contributed by atoms with van der Waals surface area (Å²) < 4.78 is 6.90. The predicted octanol–water partition coefficient (Wildman–Crippen LogP) is 2.46. The molecule has 6 nitrogen and oxygen atoms in total. The minimum Gasteiger partial charge on any atom is -0.497 e. The molecular formula is C16H19N5O. The maximum absolute atomic E-state index is 6.20. The van der Waals surface area contributed by atoms with Crippen LogP contribution in [-0.2, 0) is 0 Å². The molecule has 0 unspecified atom stereocenters. The Balaban J connectivity index is 2.05. The van der Waals surface area contributed by atoms with E-state index in [1.54, 1.807) is 11.6 Å². The monoisotopic (exact) mass is 297 g/mol. The van der Waals surface area contributed by atoms with Gasteiger partial charge in [-0.1, -0.05) is 13.8 Å². The summed E-state index contributed by atoms with van der Waals surface area (Å²) in [7, 11) is 1.65. The average Bonchev–Trinajstić information content (AvgIpc) is 2.97.